The van der Waals surface area contributed by atoms with Crippen molar-refractivity contribution in [1.82, 2.24) is 5.32 Å². The molecule has 0 aromatic heterocycles. The fourth-order valence-electron chi connectivity index (χ4n) is 2.74. The number of benzene rings is 1. The summed E-state index contributed by atoms with van der Waals surface area (Å²) >= 11 is 11.8. The fourth-order valence-corrected chi connectivity index (χ4v) is 3.25. The molecule has 1 aromatic carbocycles. The first-order chi connectivity index (χ1) is 9.15. The predicted octanol–water partition coefficient (Wildman–Crippen LogP) is 3.90. The zero-order valence-corrected chi connectivity index (χ0v) is 12.0. The van der Waals surface area contributed by atoms with Crippen molar-refractivity contribution >= 4 is 23.2 Å². The van der Waals surface area contributed by atoms with Gasteiger partial charge in [-0.25, -0.2) is 4.39 Å². The lowest BCUT2D eigenvalue weighted by molar-refractivity contribution is 0.115. The van der Waals surface area contributed by atoms with Crippen LogP contribution >= 0.6 is 23.2 Å². The van der Waals surface area contributed by atoms with E-state index in [1.165, 1.54) is 12.1 Å². The Balaban J connectivity index is 1.81. The number of rotatable bonds is 4. The van der Waals surface area contributed by atoms with Crippen molar-refractivity contribution in [3.63, 3.8) is 0 Å². The smallest absolute Gasteiger partial charge is 0.174 e. The van der Waals surface area contributed by atoms with E-state index in [0.717, 1.165) is 32.4 Å². The topological polar surface area (TPSA) is 21.3 Å². The molecule has 0 spiro atoms. The van der Waals surface area contributed by atoms with E-state index in [0.29, 0.717) is 16.9 Å². The maximum atomic E-state index is 13.9. The molecule has 0 radical (unpaired) electrons. The summed E-state index contributed by atoms with van der Waals surface area (Å²) in [7, 11) is 0. The molecule has 2 fully saturated rings. The molecular weight excluding hydrogens is 288 g/mol. The molecule has 1 heterocycles. The van der Waals surface area contributed by atoms with Gasteiger partial charge in [0, 0.05) is 17.5 Å². The Bertz CT molecular complexity index is 450. The van der Waals surface area contributed by atoms with E-state index in [1.807, 2.05) is 0 Å². The van der Waals surface area contributed by atoms with E-state index in [2.05, 4.69) is 5.32 Å². The molecular formula is C14H16Cl2FNO. The van der Waals surface area contributed by atoms with Crippen molar-refractivity contribution in [2.75, 3.05) is 13.1 Å². The molecule has 19 heavy (non-hydrogen) atoms. The summed E-state index contributed by atoms with van der Waals surface area (Å²) in [6.45, 7) is 1.95. The van der Waals surface area contributed by atoms with E-state index in [9.17, 15) is 4.39 Å². The third kappa shape index (κ3) is 2.99. The van der Waals surface area contributed by atoms with Crippen LogP contribution in [-0.4, -0.2) is 19.2 Å². The van der Waals surface area contributed by atoms with E-state index >= 15 is 0 Å². The van der Waals surface area contributed by atoms with Crippen LogP contribution in [0.3, 0.4) is 0 Å². The van der Waals surface area contributed by atoms with Gasteiger partial charge in [0.2, 0.25) is 0 Å². The van der Waals surface area contributed by atoms with Crippen LogP contribution in [0, 0.1) is 17.7 Å². The average Bonchev–Trinajstić information content (AvgIpc) is 3.03. The zero-order chi connectivity index (χ0) is 13.4. The van der Waals surface area contributed by atoms with Crippen molar-refractivity contribution < 1.29 is 9.13 Å². The first kappa shape index (κ1) is 13.5. The summed E-state index contributed by atoms with van der Waals surface area (Å²) in [6.07, 6.45) is 3.46. The lowest BCUT2D eigenvalue weighted by Gasteiger charge is -2.25. The van der Waals surface area contributed by atoms with Crippen LogP contribution in [0.4, 0.5) is 4.39 Å². The van der Waals surface area contributed by atoms with Gasteiger partial charge in [0.1, 0.15) is 6.10 Å². The van der Waals surface area contributed by atoms with Crippen LogP contribution in [0.15, 0.2) is 12.1 Å². The third-order valence-corrected chi connectivity index (χ3v) is 4.37. The molecule has 1 saturated heterocycles. The van der Waals surface area contributed by atoms with Crippen molar-refractivity contribution in [2.24, 2.45) is 11.8 Å². The Morgan fingerprint density at radius 2 is 2.00 bits per heavy atom. The molecule has 2 nitrogen and oxygen atoms in total. The standard InChI is InChI=1S/C14H16Cl2FNO/c15-10-5-11(16)14(12(17)6-10)19-13(8-1-2-8)9-3-4-18-7-9/h5-6,8-9,13,18H,1-4,7H2/t9-,13?/m0/s1. The highest BCUT2D eigenvalue weighted by molar-refractivity contribution is 6.35. The summed E-state index contributed by atoms with van der Waals surface area (Å²) in [6, 6.07) is 2.78. The Morgan fingerprint density at radius 3 is 2.58 bits per heavy atom. The van der Waals surface area contributed by atoms with Gasteiger partial charge in [-0.1, -0.05) is 23.2 Å². The Hall–Kier alpha value is -0.510. The van der Waals surface area contributed by atoms with Gasteiger partial charge >= 0.3 is 0 Å². The first-order valence-corrected chi connectivity index (χ1v) is 7.42. The molecule has 1 aliphatic heterocycles. The summed E-state index contributed by atoms with van der Waals surface area (Å²) in [4.78, 5) is 0. The largest absolute Gasteiger partial charge is 0.485 e. The van der Waals surface area contributed by atoms with Crippen molar-refractivity contribution in [1.29, 1.82) is 0 Å². The predicted molar refractivity (Wildman–Crippen MR) is 74.5 cm³/mol. The SMILES string of the molecule is Fc1cc(Cl)cc(Cl)c1OC(C1CC1)[C@H]1CCNC1. The second kappa shape index (κ2) is 5.47. The molecule has 3 rings (SSSR count). The summed E-state index contributed by atoms with van der Waals surface area (Å²) in [5.41, 5.74) is 0. The Labute approximate surface area is 122 Å². The number of halogens is 3. The quantitative estimate of drug-likeness (QED) is 0.911. The minimum atomic E-state index is -0.478. The molecule has 1 unspecified atom stereocenters. The van der Waals surface area contributed by atoms with Crippen LogP contribution in [0.1, 0.15) is 19.3 Å². The van der Waals surface area contributed by atoms with E-state index in [4.69, 9.17) is 27.9 Å². The van der Waals surface area contributed by atoms with E-state index < -0.39 is 5.82 Å². The van der Waals surface area contributed by atoms with Crippen molar-refractivity contribution in [3.05, 3.63) is 28.0 Å². The van der Waals surface area contributed by atoms with Crippen LogP contribution in [0.25, 0.3) is 0 Å². The van der Waals surface area contributed by atoms with Crippen molar-refractivity contribution in [3.8, 4) is 5.75 Å². The zero-order valence-electron chi connectivity index (χ0n) is 10.5. The normalized spacial score (nSPS) is 24.5. The monoisotopic (exact) mass is 303 g/mol. The van der Waals surface area contributed by atoms with Gasteiger partial charge in [-0.05, 0) is 43.9 Å². The molecule has 1 aliphatic carbocycles. The molecule has 5 heteroatoms. The molecule has 1 saturated carbocycles. The van der Waals surface area contributed by atoms with Gasteiger partial charge in [0.25, 0.3) is 0 Å². The van der Waals surface area contributed by atoms with Gasteiger partial charge < -0.3 is 10.1 Å². The van der Waals surface area contributed by atoms with Gasteiger partial charge in [-0.15, -0.1) is 0 Å². The van der Waals surface area contributed by atoms with Crippen LogP contribution in [-0.2, 0) is 0 Å². The number of nitrogens with one attached hydrogen (secondary N) is 1. The molecule has 0 amide bonds. The molecule has 1 aromatic rings. The van der Waals surface area contributed by atoms with Crippen LogP contribution in [0.5, 0.6) is 5.75 Å². The van der Waals surface area contributed by atoms with E-state index in [1.54, 1.807) is 0 Å². The fraction of sp³-hybridized carbons (Fsp3) is 0.571. The molecule has 2 atom stereocenters. The number of hydrogen-bond acceptors (Lipinski definition) is 2. The Kier molecular flexibility index (Phi) is 3.88. The summed E-state index contributed by atoms with van der Waals surface area (Å²) < 4.78 is 19.9. The highest BCUT2D eigenvalue weighted by Crippen LogP contribution is 2.42. The highest BCUT2D eigenvalue weighted by atomic mass is 35.5. The second-order valence-corrected chi connectivity index (χ2v) is 6.21. The van der Waals surface area contributed by atoms with Gasteiger partial charge in [-0.3, -0.25) is 0 Å². The Morgan fingerprint density at radius 1 is 1.21 bits per heavy atom. The maximum absolute atomic E-state index is 13.9. The summed E-state index contributed by atoms with van der Waals surface area (Å²) in [5, 5.41) is 3.88. The van der Waals surface area contributed by atoms with Gasteiger partial charge in [-0.2, -0.15) is 0 Å². The van der Waals surface area contributed by atoms with Gasteiger partial charge in [0.15, 0.2) is 11.6 Å². The van der Waals surface area contributed by atoms with Crippen LogP contribution in [0.2, 0.25) is 10.0 Å². The molecule has 0 bridgehead atoms. The molecule has 104 valence electrons. The molecule has 2 aliphatic rings. The minimum Gasteiger partial charge on any atom is -0.485 e. The third-order valence-electron chi connectivity index (χ3n) is 3.87. The first-order valence-electron chi connectivity index (χ1n) is 6.67. The lowest BCUT2D eigenvalue weighted by Crippen LogP contribution is -2.31. The van der Waals surface area contributed by atoms with Crippen molar-refractivity contribution in [2.45, 2.75) is 25.4 Å². The van der Waals surface area contributed by atoms with Gasteiger partial charge in [0.05, 0.1) is 5.02 Å². The summed E-state index contributed by atoms with van der Waals surface area (Å²) in [5.74, 6) is 0.652. The highest BCUT2D eigenvalue weighted by Gasteiger charge is 2.40. The average molecular weight is 304 g/mol. The lowest BCUT2D eigenvalue weighted by atomic mass is 9.97. The number of ether oxygens (including phenoxy) is 1. The van der Waals surface area contributed by atoms with Crippen LogP contribution < -0.4 is 10.1 Å². The maximum Gasteiger partial charge on any atom is 0.174 e. The molecule has 1 N–H and O–H groups in total. The number of hydrogen-bond donors (Lipinski definition) is 1. The minimum absolute atomic E-state index is 0.0585. The second-order valence-electron chi connectivity index (χ2n) is 5.37. The van der Waals surface area contributed by atoms with E-state index in [-0.39, 0.29) is 16.9 Å².